The van der Waals surface area contributed by atoms with Crippen LogP contribution in [0.4, 0.5) is 24.3 Å². The maximum atomic E-state index is 14.8. The first-order valence-corrected chi connectivity index (χ1v) is 17.2. The molecule has 2 aromatic heterocycles. The summed E-state index contributed by atoms with van der Waals surface area (Å²) in [4.78, 5) is 50.8. The third-order valence-corrected chi connectivity index (χ3v) is 9.16. The molecule has 1 amide bonds. The van der Waals surface area contributed by atoms with E-state index in [1.54, 1.807) is 27.0 Å². The van der Waals surface area contributed by atoms with Gasteiger partial charge >= 0.3 is 12.1 Å². The molecule has 0 saturated carbocycles. The molecule has 13 heteroatoms. The summed E-state index contributed by atoms with van der Waals surface area (Å²) in [7, 11) is 0. The van der Waals surface area contributed by atoms with Crippen LogP contribution in [-0.4, -0.2) is 52.1 Å². The average Bonchev–Trinajstić information content (AvgIpc) is 3.59. The number of piperidine rings is 1. The molecule has 0 bridgehead atoms. The predicted molar refractivity (Wildman–Crippen MR) is 182 cm³/mol. The van der Waals surface area contributed by atoms with E-state index in [2.05, 4.69) is 26.3 Å². The maximum Gasteiger partial charge on any atom is 0.412 e. The van der Waals surface area contributed by atoms with Crippen molar-refractivity contribution in [1.82, 2.24) is 9.97 Å². The van der Waals surface area contributed by atoms with Crippen LogP contribution in [0, 0.1) is 28.9 Å². The molecule has 49 heavy (non-hydrogen) atoms. The SMILES string of the molecule is CC(C)(C)OC(=O)C[C@H]1CCCN(c2c(CC(=O)c3nc(-c4c(F)cccc4F)sc3NC(=O)OC(C)(C)C)cnc3c2CCC3C#N)C1. The fourth-order valence-corrected chi connectivity index (χ4v) is 7.35. The van der Waals surface area contributed by atoms with Gasteiger partial charge in [-0.1, -0.05) is 17.4 Å². The quantitative estimate of drug-likeness (QED) is 0.186. The molecule has 3 aromatic rings. The van der Waals surface area contributed by atoms with Crippen molar-refractivity contribution in [3.05, 3.63) is 58.5 Å². The number of hydrogen-bond donors (Lipinski definition) is 1. The molecule has 0 radical (unpaired) electrons. The van der Waals surface area contributed by atoms with E-state index in [1.807, 2.05) is 20.8 Å². The number of ether oxygens (including phenoxy) is 2. The molecule has 1 unspecified atom stereocenters. The van der Waals surface area contributed by atoms with E-state index in [0.29, 0.717) is 37.2 Å². The number of carbonyl (C=O) groups is 3. The van der Waals surface area contributed by atoms with Gasteiger partial charge in [0.25, 0.3) is 0 Å². The molecule has 3 heterocycles. The number of pyridine rings is 1. The highest BCUT2D eigenvalue weighted by atomic mass is 32.1. The molecule has 2 aliphatic rings. The van der Waals surface area contributed by atoms with E-state index >= 15 is 0 Å². The van der Waals surface area contributed by atoms with Gasteiger partial charge in [0, 0.05) is 37.0 Å². The van der Waals surface area contributed by atoms with Gasteiger partial charge in [-0.15, -0.1) is 0 Å². The van der Waals surface area contributed by atoms with E-state index in [1.165, 1.54) is 6.07 Å². The minimum atomic E-state index is -0.861. The Morgan fingerprint density at radius 2 is 1.78 bits per heavy atom. The Morgan fingerprint density at radius 1 is 1.08 bits per heavy atom. The van der Waals surface area contributed by atoms with E-state index in [-0.39, 0.29) is 46.3 Å². The number of ketones is 1. The van der Waals surface area contributed by atoms with E-state index in [9.17, 15) is 28.4 Å². The number of thiazole rings is 1. The number of hydrogen-bond acceptors (Lipinski definition) is 10. The Balaban J connectivity index is 1.50. The van der Waals surface area contributed by atoms with Crippen LogP contribution in [0.15, 0.2) is 24.4 Å². The van der Waals surface area contributed by atoms with Crippen LogP contribution in [0.1, 0.15) is 100 Å². The maximum absolute atomic E-state index is 14.8. The molecule has 1 N–H and O–H groups in total. The lowest BCUT2D eigenvalue weighted by Crippen LogP contribution is -2.38. The number of nitrogens with zero attached hydrogens (tertiary/aromatic N) is 4. The van der Waals surface area contributed by atoms with Gasteiger partial charge in [0.2, 0.25) is 0 Å². The van der Waals surface area contributed by atoms with Crippen LogP contribution in [0.3, 0.4) is 0 Å². The van der Waals surface area contributed by atoms with Crippen LogP contribution in [0.25, 0.3) is 10.6 Å². The number of nitriles is 1. The number of nitrogens with one attached hydrogen (secondary N) is 1. The van der Waals surface area contributed by atoms with Crippen molar-refractivity contribution >= 4 is 39.9 Å². The third kappa shape index (κ3) is 8.60. The molecule has 2 atom stereocenters. The third-order valence-electron chi connectivity index (χ3n) is 8.17. The normalized spacial score (nSPS) is 17.7. The van der Waals surface area contributed by atoms with Gasteiger partial charge < -0.3 is 14.4 Å². The minimum Gasteiger partial charge on any atom is -0.460 e. The second-order valence-electron chi connectivity index (χ2n) is 14.5. The fourth-order valence-electron chi connectivity index (χ4n) is 6.33. The van der Waals surface area contributed by atoms with E-state index in [0.717, 1.165) is 47.6 Å². The van der Waals surface area contributed by atoms with Gasteiger partial charge in [0.1, 0.15) is 38.5 Å². The number of benzene rings is 1. The van der Waals surface area contributed by atoms with Crippen LogP contribution >= 0.6 is 11.3 Å². The van der Waals surface area contributed by atoms with Gasteiger partial charge in [-0.3, -0.25) is 19.9 Å². The number of rotatable bonds is 8. The van der Waals surface area contributed by atoms with Crippen molar-refractivity contribution in [3.63, 3.8) is 0 Å². The van der Waals surface area contributed by atoms with Crippen LogP contribution in [0.5, 0.6) is 0 Å². The zero-order valence-corrected chi connectivity index (χ0v) is 29.4. The lowest BCUT2D eigenvalue weighted by atomic mass is 9.92. The zero-order valence-electron chi connectivity index (χ0n) is 28.6. The summed E-state index contributed by atoms with van der Waals surface area (Å²) in [5, 5.41) is 12.2. The fraction of sp³-hybridized carbons (Fsp3) is 0.500. The molecule has 1 aromatic carbocycles. The number of anilines is 2. The number of fused-ring (bicyclic) bond motifs is 1. The van der Waals surface area contributed by atoms with Gasteiger partial charge in [-0.25, -0.2) is 18.6 Å². The standard InChI is InChI=1S/C36H41F2N5O5S/c1-35(2,3)47-27(45)15-20-9-8-14-43(19-20)31-22(18-40-29-21(17-39)12-13-23(29)31)16-26(44)30-33(42-34(46)48-36(4,5)6)49-32(41-30)28-24(37)10-7-11-25(28)38/h7,10-11,18,20-21H,8-9,12-16,19H2,1-6H3,(H,42,46)/t20-,21?/m1/s1. The average molecular weight is 694 g/mol. The monoisotopic (exact) mass is 693 g/mol. The minimum absolute atomic E-state index is 0.00693. The number of Topliss-reactive ketones (excluding diaryl/α,β-unsaturated/α-hetero) is 1. The Morgan fingerprint density at radius 3 is 2.43 bits per heavy atom. The van der Waals surface area contributed by atoms with Crippen molar-refractivity contribution in [1.29, 1.82) is 5.26 Å². The number of carbonyl (C=O) groups excluding carboxylic acids is 3. The highest BCUT2D eigenvalue weighted by Crippen LogP contribution is 2.42. The highest BCUT2D eigenvalue weighted by Gasteiger charge is 2.34. The van der Waals surface area contributed by atoms with Crippen molar-refractivity contribution < 1.29 is 32.6 Å². The molecular formula is C36H41F2N5O5S. The Bertz CT molecular complexity index is 1790. The first-order chi connectivity index (χ1) is 23.0. The second-order valence-corrected chi connectivity index (χ2v) is 15.5. The largest absolute Gasteiger partial charge is 0.460 e. The van der Waals surface area contributed by atoms with Crippen molar-refractivity contribution in [2.45, 2.75) is 97.2 Å². The molecule has 10 nitrogen and oxygen atoms in total. The van der Waals surface area contributed by atoms with E-state index < -0.39 is 40.3 Å². The lowest BCUT2D eigenvalue weighted by Gasteiger charge is -2.36. The number of halogens is 2. The van der Waals surface area contributed by atoms with Gasteiger partial charge in [0.05, 0.1) is 29.7 Å². The molecule has 260 valence electrons. The highest BCUT2D eigenvalue weighted by molar-refractivity contribution is 7.19. The molecule has 0 spiro atoms. The first-order valence-electron chi connectivity index (χ1n) is 16.4. The Kier molecular flexibility index (Phi) is 10.4. The van der Waals surface area contributed by atoms with Crippen molar-refractivity contribution in [3.8, 4) is 16.6 Å². The number of amides is 1. The second kappa shape index (κ2) is 14.2. The Labute approximate surface area is 288 Å². The first kappa shape index (κ1) is 35.9. The topological polar surface area (TPSA) is 135 Å². The van der Waals surface area contributed by atoms with Gasteiger partial charge in [-0.2, -0.15) is 5.26 Å². The summed E-state index contributed by atoms with van der Waals surface area (Å²) in [6, 6.07) is 5.74. The molecule has 5 rings (SSSR count). The number of esters is 1. The molecular weight excluding hydrogens is 652 g/mol. The number of aromatic nitrogens is 2. The van der Waals surface area contributed by atoms with Crippen molar-refractivity contribution in [2.75, 3.05) is 23.3 Å². The van der Waals surface area contributed by atoms with Crippen molar-refractivity contribution in [2.24, 2.45) is 5.92 Å². The van der Waals surface area contributed by atoms with Gasteiger partial charge in [0.15, 0.2) is 5.78 Å². The summed E-state index contributed by atoms with van der Waals surface area (Å²) in [5.74, 6) is -2.85. The predicted octanol–water partition coefficient (Wildman–Crippen LogP) is 7.76. The van der Waals surface area contributed by atoms with Gasteiger partial charge in [-0.05, 0) is 90.8 Å². The summed E-state index contributed by atoms with van der Waals surface area (Å²) in [5.41, 5.74) is 0.957. The molecule has 1 aliphatic heterocycles. The smallest absolute Gasteiger partial charge is 0.412 e. The van der Waals surface area contributed by atoms with E-state index in [4.69, 9.17) is 9.47 Å². The zero-order chi connectivity index (χ0) is 35.7. The van der Waals surface area contributed by atoms with Crippen LogP contribution in [0.2, 0.25) is 0 Å². The summed E-state index contributed by atoms with van der Waals surface area (Å²) in [6.07, 6.45) is 3.67. The lowest BCUT2D eigenvalue weighted by molar-refractivity contribution is -0.156. The molecule has 1 fully saturated rings. The summed E-state index contributed by atoms with van der Waals surface area (Å²) in [6.45, 7) is 11.8. The Hall–Kier alpha value is -4.44. The molecule has 1 saturated heterocycles. The molecule has 1 aliphatic carbocycles. The summed E-state index contributed by atoms with van der Waals surface area (Å²) >= 11 is 0.770. The van der Waals surface area contributed by atoms with Crippen LogP contribution in [-0.2, 0) is 27.1 Å². The summed E-state index contributed by atoms with van der Waals surface area (Å²) < 4.78 is 40.6. The van der Waals surface area contributed by atoms with Crippen LogP contribution < -0.4 is 10.2 Å².